The van der Waals surface area contributed by atoms with Crippen molar-refractivity contribution in [2.75, 3.05) is 31.1 Å². The van der Waals surface area contributed by atoms with E-state index in [4.69, 9.17) is 4.74 Å². The molecule has 1 saturated heterocycles. The Morgan fingerprint density at radius 1 is 1.37 bits per heavy atom. The molecular formula is C20H30N4O2S. The second kappa shape index (κ2) is 9.46. The van der Waals surface area contributed by atoms with Crippen LogP contribution < -0.4 is 10.2 Å². The summed E-state index contributed by atoms with van der Waals surface area (Å²) in [6.45, 7) is 9.31. The zero-order chi connectivity index (χ0) is 19.2. The molecule has 1 N–H and O–H groups in total. The predicted octanol–water partition coefficient (Wildman–Crippen LogP) is 3.40. The molecular weight excluding hydrogens is 360 g/mol. The molecule has 0 saturated carbocycles. The van der Waals surface area contributed by atoms with Crippen LogP contribution >= 0.6 is 11.3 Å². The summed E-state index contributed by atoms with van der Waals surface area (Å²) in [5, 5.41) is 4.21. The number of nitrogens with one attached hydrogen (secondary N) is 1. The molecule has 0 aliphatic carbocycles. The third kappa shape index (κ3) is 5.17. The third-order valence-corrected chi connectivity index (χ3v) is 6.13. The van der Waals surface area contributed by atoms with Gasteiger partial charge in [-0.2, -0.15) is 0 Å². The van der Waals surface area contributed by atoms with E-state index in [9.17, 15) is 4.79 Å². The van der Waals surface area contributed by atoms with Crippen LogP contribution in [0.3, 0.4) is 0 Å². The molecule has 27 heavy (non-hydrogen) atoms. The Labute approximate surface area is 165 Å². The van der Waals surface area contributed by atoms with Crippen LogP contribution in [0.4, 0.5) is 5.82 Å². The van der Waals surface area contributed by atoms with Gasteiger partial charge in [0.15, 0.2) is 0 Å². The molecule has 6 nitrogen and oxygen atoms in total. The number of rotatable bonds is 8. The number of thiophene rings is 1. The Morgan fingerprint density at radius 3 is 2.85 bits per heavy atom. The number of aromatic nitrogens is 2. The van der Waals surface area contributed by atoms with E-state index in [1.165, 1.54) is 4.88 Å². The van der Waals surface area contributed by atoms with Crippen molar-refractivity contribution in [3.05, 3.63) is 17.3 Å². The summed E-state index contributed by atoms with van der Waals surface area (Å²) in [6, 6.07) is 2.22. The highest BCUT2D eigenvalue weighted by Crippen LogP contribution is 2.32. The van der Waals surface area contributed by atoms with Crippen LogP contribution in [-0.4, -0.2) is 48.2 Å². The number of fused-ring (bicyclic) bond motifs is 1. The lowest BCUT2D eigenvalue weighted by Gasteiger charge is -2.32. The van der Waals surface area contributed by atoms with Crippen molar-refractivity contribution in [3.63, 3.8) is 0 Å². The molecule has 1 aliphatic rings. The summed E-state index contributed by atoms with van der Waals surface area (Å²) < 4.78 is 5.51. The Morgan fingerprint density at radius 2 is 2.15 bits per heavy atom. The standard InChI is InChI=1S/C20H30N4O2S/c1-4-16-12-17-18(22-13-23-20(17)27-16)24-9-6-15(7-10-24)19(25)21-8-5-11-26-14(2)3/h12-15H,4-11H2,1-3H3,(H,21,25). The van der Waals surface area contributed by atoms with Crippen molar-refractivity contribution in [1.82, 2.24) is 15.3 Å². The van der Waals surface area contributed by atoms with Gasteiger partial charge in [0.05, 0.1) is 11.5 Å². The second-order valence-corrected chi connectivity index (χ2v) is 8.42. The molecule has 0 radical (unpaired) electrons. The van der Waals surface area contributed by atoms with E-state index in [0.717, 1.165) is 54.8 Å². The minimum absolute atomic E-state index is 0.0956. The maximum atomic E-state index is 12.4. The molecule has 3 heterocycles. The number of nitrogens with zero attached hydrogens (tertiary/aromatic N) is 3. The van der Waals surface area contributed by atoms with Gasteiger partial charge in [0, 0.05) is 37.0 Å². The Bertz CT molecular complexity index is 754. The number of piperidine rings is 1. The van der Waals surface area contributed by atoms with E-state index in [1.54, 1.807) is 17.7 Å². The zero-order valence-corrected chi connectivity index (χ0v) is 17.3. The van der Waals surface area contributed by atoms with Crippen LogP contribution in [0.1, 0.15) is 44.9 Å². The van der Waals surface area contributed by atoms with Gasteiger partial charge in [-0.25, -0.2) is 9.97 Å². The second-order valence-electron chi connectivity index (χ2n) is 7.31. The van der Waals surface area contributed by atoms with Crippen LogP contribution in [0, 0.1) is 5.92 Å². The number of anilines is 1. The smallest absolute Gasteiger partial charge is 0.223 e. The topological polar surface area (TPSA) is 67.4 Å². The minimum atomic E-state index is 0.0956. The number of ether oxygens (including phenoxy) is 1. The first-order chi connectivity index (χ1) is 13.1. The van der Waals surface area contributed by atoms with Crippen molar-refractivity contribution in [1.29, 1.82) is 0 Å². The van der Waals surface area contributed by atoms with Gasteiger partial charge in [-0.3, -0.25) is 4.79 Å². The van der Waals surface area contributed by atoms with Crippen molar-refractivity contribution >= 4 is 33.3 Å². The van der Waals surface area contributed by atoms with E-state index in [-0.39, 0.29) is 17.9 Å². The lowest BCUT2D eigenvalue weighted by Crippen LogP contribution is -2.41. The van der Waals surface area contributed by atoms with E-state index in [1.807, 2.05) is 13.8 Å². The van der Waals surface area contributed by atoms with E-state index in [2.05, 4.69) is 33.2 Å². The molecule has 1 amide bonds. The molecule has 0 atom stereocenters. The first-order valence-corrected chi connectivity index (χ1v) is 10.8. The Balaban J connectivity index is 1.50. The average Bonchev–Trinajstić information content (AvgIpc) is 3.11. The van der Waals surface area contributed by atoms with Crippen LogP contribution in [-0.2, 0) is 16.0 Å². The van der Waals surface area contributed by atoms with Crippen molar-refractivity contribution in [3.8, 4) is 0 Å². The molecule has 148 valence electrons. The summed E-state index contributed by atoms with van der Waals surface area (Å²) in [5.41, 5.74) is 0. The zero-order valence-electron chi connectivity index (χ0n) is 16.5. The molecule has 7 heteroatoms. The predicted molar refractivity (Wildman–Crippen MR) is 110 cm³/mol. The summed E-state index contributed by atoms with van der Waals surface area (Å²) in [6.07, 6.45) is 5.51. The molecule has 2 aromatic heterocycles. The molecule has 1 fully saturated rings. The van der Waals surface area contributed by atoms with Gasteiger partial charge in [-0.15, -0.1) is 11.3 Å². The fourth-order valence-corrected chi connectivity index (χ4v) is 4.35. The van der Waals surface area contributed by atoms with Gasteiger partial charge < -0.3 is 15.0 Å². The molecule has 2 aromatic rings. The van der Waals surface area contributed by atoms with Crippen molar-refractivity contribution in [2.45, 2.75) is 52.6 Å². The van der Waals surface area contributed by atoms with Gasteiger partial charge in [0.2, 0.25) is 5.91 Å². The maximum absolute atomic E-state index is 12.4. The highest BCUT2D eigenvalue weighted by molar-refractivity contribution is 7.18. The van der Waals surface area contributed by atoms with Gasteiger partial charge in [0.25, 0.3) is 0 Å². The Hall–Kier alpha value is -1.73. The summed E-state index contributed by atoms with van der Waals surface area (Å²) in [4.78, 5) is 26.0. The number of hydrogen-bond donors (Lipinski definition) is 1. The van der Waals surface area contributed by atoms with E-state index < -0.39 is 0 Å². The lowest BCUT2D eigenvalue weighted by atomic mass is 9.95. The van der Waals surface area contributed by atoms with E-state index >= 15 is 0 Å². The number of amides is 1. The number of aryl methyl sites for hydroxylation is 1. The van der Waals surface area contributed by atoms with E-state index in [0.29, 0.717) is 13.2 Å². The average molecular weight is 391 g/mol. The molecule has 0 unspecified atom stereocenters. The quantitative estimate of drug-likeness (QED) is 0.700. The highest BCUT2D eigenvalue weighted by Gasteiger charge is 2.26. The Kier molecular flexibility index (Phi) is 7.01. The number of hydrogen-bond acceptors (Lipinski definition) is 6. The fraction of sp³-hybridized carbons (Fsp3) is 0.650. The summed E-state index contributed by atoms with van der Waals surface area (Å²) in [5.74, 6) is 1.29. The van der Waals surface area contributed by atoms with Crippen LogP contribution in [0.25, 0.3) is 10.2 Å². The number of carbonyl (C=O) groups is 1. The summed E-state index contributed by atoms with van der Waals surface area (Å²) in [7, 11) is 0. The van der Waals surface area contributed by atoms with Gasteiger partial charge in [-0.05, 0) is 45.6 Å². The molecule has 0 spiro atoms. The first-order valence-electron chi connectivity index (χ1n) is 9.96. The highest BCUT2D eigenvalue weighted by atomic mass is 32.1. The molecule has 0 bridgehead atoms. The van der Waals surface area contributed by atoms with Crippen LogP contribution in [0.2, 0.25) is 0 Å². The van der Waals surface area contributed by atoms with Crippen LogP contribution in [0.5, 0.6) is 0 Å². The van der Waals surface area contributed by atoms with Crippen molar-refractivity contribution < 1.29 is 9.53 Å². The normalized spacial score (nSPS) is 15.6. The molecule has 0 aromatic carbocycles. The SMILES string of the molecule is CCc1cc2c(N3CCC(C(=O)NCCCOC(C)C)CC3)ncnc2s1. The third-order valence-electron chi connectivity index (χ3n) is 4.94. The fourth-order valence-electron chi connectivity index (χ4n) is 3.42. The minimum Gasteiger partial charge on any atom is -0.379 e. The summed E-state index contributed by atoms with van der Waals surface area (Å²) >= 11 is 1.74. The maximum Gasteiger partial charge on any atom is 0.223 e. The monoisotopic (exact) mass is 390 g/mol. The lowest BCUT2D eigenvalue weighted by molar-refractivity contribution is -0.125. The molecule has 1 aliphatic heterocycles. The van der Waals surface area contributed by atoms with Gasteiger partial charge >= 0.3 is 0 Å². The largest absolute Gasteiger partial charge is 0.379 e. The van der Waals surface area contributed by atoms with Gasteiger partial charge in [-0.1, -0.05) is 6.92 Å². The van der Waals surface area contributed by atoms with Gasteiger partial charge in [0.1, 0.15) is 17.0 Å². The first kappa shape index (κ1) is 20.0. The molecule has 3 rings (SSSR count). The van der Waals surface area contributed by atoms with Crippen LogP contribution in [0.15, 0.2) is 12.4 Å². The van der Waals surface area contributed by atoms with Crippen molar-refractivity contribution in [2.24, 2.45) is 5.92 Å². The number of carbonyl (C=O) groups excluding carboxylic acids is 1.